The van der Waals surface area contributed by atoms with Gasteiger partial charge in [-0.15, -0.1) is 11.6 Å². The van der Waals surface area contributed by atoms with Gasteiger partial charge in [0.15, 0.2) is 5.65 Å². The van der Waals surface area contributed by atoms with Gasteiger partial charge in [-0.1, -0.05) is 15.9 Å². The van der Waals surface area contributed by atoms with Gasteiger partial charge in [0.25, 0.3) is 0 Å². The molecular formula is C14H13BrClFN4. The van der Waals surface area contributed by atoms with Gasteiger partial charge in [0.1, 0.15) is 17.2 Å². The molecule has 2 heterocycles. The van der Waals surface area contributed by atoms with Crippen molar-refractivity contribution in [3.8, 4) is 5.69 Å². The van der Waals surface area contributed by atoms with Crippen LogP contribution in [0.2, 0.25) is 0 Å². The molecule has 0 aliphatic carbocycles. The van der Waals surface area contributed by atoms with Crippen LogP contribution in [0.25, 0.3) is 16.9 Å². The zero-order chi connectivity index (χ0) is 15.3. The molecule has 7 heteroatoms. The Kier molecular flexibility index (Phi) is 3.53. The molecule has 1 unspecified atom stereocenters. The fraction of sp³-hybridized carbons (Fsp3) is 0.286. The first-order valence-corrected chi connectivity index (χ1v) is 7.64. The maximum absolute atomic E-state index is 14.3. The van der Waals surface area contributed by atoms with Crippen LogP contribution in [0.15, 0.2) is 22.7 Å². The highest BCUT2D eigenvalue weighted by Gasteiger charge is 2.23. The molecule has 110 valence electrons. The summed E-state index contributed by atoms with van der Waals surface area (Å²) < 4.78 is 18.5. The first kappa shape index (κ1) is 14.5. The van der Waals surface area contributed by atoms with E-state index < -0.39 is 0 Å². The monoisotopic (exact) mass is 370 g/mol. The normalized spacial score (nSPS) is 13.0. The number of aryl methyl sites for hydroxylation is 2. The first-order valence-electron chi connectivity index (χ1n) is 6.41. The summed E-state index contributed by atoms with van der Waals surface area (Å²) in [6.07, 6.45) is 0. The van der Waals surface area contributed by atoms with Crippen molar-refractivity contribution in [1.82, 2.24) is 19.3 Å². The molecule has 0 N–H and O–H groups in total. The summed E-state index contributed by atoms with van der Waals surface area (Å²) in [5.41, 5.74) is 2.66. The summed E-state index contributed by atoms with van der Waals surface area (Å²) in [6.45, 7) is 3.69. The lowest BCUT2D eigenvalue weighted by atomic mass is 10.3. The standard InChI is InChI=1S/C14H13BrClFN4/c1-7(16)13-18-12-8(2)19-20(3)14(12)21(13)11-6-9(15)4-5-10(11)17/h4-7H,1-3H3. The quantitative estimate of drug-likeness (QED) is 0.631. The second kappa shape index (κ2) is 5.10. The van der Waals surface area contributed by atoms with Crippen LogP contribution in [0.1, 0.15) is 23.8 Å². The van der Waals surface area contributed by atoms with Crippen molar-refractivity contribution < 1.29 is 4.39 Å². The zero-order valence-corrected chi connectivity index (χ0v) is 14.1. The third-order valence-corrected chi connectivity index (χ3v) is 4.02. The molecule has 1 atom stereocenters. The molecule has 0 aliphatic rings. The number of fused-ring (bicyclic) bond motifs is 1. The van der Waals surface area contributed by atoms with Gasteiger partial charge in [-0.3, -0.25) is 4.57 Å². The molecule has 0 saturated carbocycles. The second-order valence-electron chi connectivity index (χ2n) is 4.90. The number of imidazole rings is 1. The Morgan fingerprint density at radius 1 is 1.38 bits per heavy atom. The lowest BCUT2D eigenvalue weighted by Gasteiger charge is -2.12. The molecule has 0 radical (unpaired) electrons. The van der Waals surface area contributed by atoms with Gasteiger partial charge in [-0.25, -0.2) is 14.1 Å². The molecule has 2 aromatic heterocycles. The molecule has 0 fully saturated rings. The minimum atomic E-state index is -0.352. The molecule has 3 aromatic rings. The predicted molar refractivity (Wildman–Crippen MR) is 84.5 cm³/mol. The van der Waals surface area contributed by atoms with Crippen LogP contribution in [0.4, 0.5) is 4.39 Å². The summed E-state index contributed by atoms with van der Waals surface area (Å²) in [6, 6.07) is 4.78. The van der Waals surface area contributed by atoms with Crippen LogP contribution in [0.5, 0.6) is 0 Å². The maximum Gasteiger partial charge on any atom is 0.163 e. The van der Waals surface area contributed by atoms with Crippen LogP contribution < -0.4 is 0 Å². The molecular weight excluding hydrogens is 359 g/mol. The number of nitrogens with zero attached hydrogens (tertiary/aromatic N) is 4. The van der Waals surface area contributed by atoms with Gasteiger partial charge in [0.05, 0.1) is 16.8 Å². The van der Waals surface area contributed by atoms with Crippen molar-refractivity contribution in [2.45, 2.75) is 19.2 Å². The zero-order valence-electron chi connectivity index (χ0n) is 11.7. The largest absolute Gasteiger partial charge is 0.277 e. The van der Waals surface area contributed by atoms with Gasteiger partial charge in [-0.2, -0.15) is 5.10 Å². The average molecular weight is 372 g/mol. The number of aromatic nitrogens is 4. The minimum Gasteiger partial charge on any atom is -0.277 e. The summed E-state index contributed by atoms with van der Waals surface area (Å²) in [4.78, 5) is 4.55. The Hall–Kier alpha value is -1.40. The molecule has 0 amide bonds. The van der Waals surface area contributed by atoms with E-state index in [-0.39, 0.29) is 11.2 Å². The minimum absolute atomic E-state index is 0.338. The van der Waals surface area contributed by atoms with E-state index >= 15 is 0 Å². The smallest absolute Gasteiger partial charge is 0.163 e. The summed E-state index contributed by atoms with van der Waals surface area (Å²) >= 11 is 9.61. The lowest BCUT2D eigenvalue weighted by molar-refractivity contribution is 0.613. The van der Waals surface area contributed by atoms with Crippen LogP contribution in [0.3, 0.4) is 0 Å². The van der Waals surface area contributed by atoms with Crippen molar-refractivity contribution >= 4 is 38.7 Å². The SMILES string of the molecule is Cc1nn(C)c2c1nc(C(C)Cl)n2-c1cc(Br)ccc1F. The van der Waals surface area contributed by atoms with Crippen molar-refractivity contribution in [2.75, 3.05) is 0 Å². The Morgan fingerprint density at radius 2 is 2.10 bits per heavy atom. The van der Waals surface area contributed by atoms with Crippen LogP contribution in [-0.2, 0) is 7.05 Å². The topological polar surface area (TPSA) is 35.6 Å². The third kappa shape index (κ3) is 2.26. The molecule has 3 rings (SSSR count). The highest BCUT2D eigenvalue weighted by Crippen LogP contribution is 2.31. The van der Waals surface area contributed by atoms with Crippen molar-refractivity contribution in [2.24, 2.45) is 7.05 Å². The van der Waals surface area contributed by atoms with E-state index in [0.717, 1.165) is 21.3 Å². The highest BCUT2D eigenvalue weighted by molar-refractivity contribution is 9.10. The number of rotatable bonds is 2. The van der Waals surface area contributed by atoms with Crippen LogP contribution in [0, 0.1) is 12.7 Å². The maximum atomic E-state index is 14.3. The van der Waals surface area contributed by atoms with E-state index in [1.165, 1.54) is 6.07 Å². The summed E-state index contributed by atoms with van der Waals surface area (Å²) in [5, 5.41) is 3.99. The Morgan fingerprint density at radius 3 is 2.76 bits per heavy atom. The Bertz CT molecular complexity index is 837. The van der Waals surface area contributed by atoms with Crippen LogP contribution >= 0.6 is 27.5 Å². The molecule has 0 aliphatic heterocycles. The van der Waals surface area contributed by atoms with Crippen molar-refractivity contribution in [1.29, 1.82) is 0 Å². The fourth-order valence-corrected chi connectivity index (χ4v) is 2.95. The van der Waals surface area contributed by atoms with E-state index in [9.17, 15) is 4.39 Å². The number of benzene rings is 1. The van der Waals surface area contributed by atoms with Crippen molar-refractivity contribution in [3.63, 3.8) is 0 Å². The molecule has 0 saturated heterocycles. The predicted octanol–water partition coefficient (Wildman–Crippen LogP) is 4.27. The molecule has 0 spiro atoms. The van der Waals surface area contributed by atoms with Crippen LogP contribution in [-0.4, -0.2) is 19.3 Å². The van der Waals surface area contributed by atoms with Gasteiger partial charge in [0, 0.05) is 11.5 Å². The number of alkyl halides is 1. The van der Waals surface area contributed by atoms with Crippen molar-refractivity contribution in [3.05, 3.63) is 40.0 Å². The van der Waals surface area contributed by atoms with E-state index in [4.69, 9.17) is 11.6 Å². The fourth-order valence-electron chi connectivity index (χ4n) is 2.45. The van der Waals surface area contributed by atoms with E-state index in [0.29, 0.717) is 11.5 Å². The molecule has 0 bridgehead atoms. The molecule has 4 nitrogen and oxygen atoms in total. The highest BCUT2D eigenvalue weighted by atomic mass is 79.9. The summed E-state index contributed by atoms with van der Waals surface area (Å²) in [7, 11) is 1.81. The van der Waals surface area contributed by atoms with E-state index in [1.54, 1.807) is 21.4 Å². The number of hydrogen-bond donors (Lipinski definition) is 0. The van der Waals surface area contributed by atoms with E-state index in [1.807, 2.05) is 20.9 Å². The van der Waals surface area contributed by atoms with E-state index in [2.05, 4.69) is 26.0 Å². The number of hydrogen-bond acceptors (Lipinski definition) is 2. The second-order valence-corrected chi connectivity index (χ2v) is 6.47. The third-order valence-electron chi connectivity index (χ3n) is 3.33. The van der Waals surface area contributed by atoms with Gasteiger partial charge in [0.2, 0.25) is 0 Å². The molecule has 1 aromatic carbocycles. The summed E-state index contributed by atoms with van der Waals surface area (Å²) in [5.74, 6) is 0.259. The number of halogens is 3. The Labute approximate surface area is 134 Å². The molecule has 21 heavy (non-hydrogen) atoms. The van der Waals surface area contributed by atoms with Gasteiger partial charge >= 0.3 is 0 Å². The lowest BCUT2D eigenvalue weighted by Crippen LogP contribution is -2.07. The Balaban J connectivity index is 2.44. The van der Waals surface area contributed by atoms with Gasteiger partial charge in [-0.05, 0) is 32.0 Å². The van der Waals surface area contributed by atoms with Gasteiger partial charge < -0.3 is 0 Å². The first-order chi connectivity index (χ1) is 9.90. The average Bonchev–Trinajstić information content (AvgIpc) is 2.92.